The van der Waals surface area contributed by atoms with Gasteiger partial charge in [0, 0.05) is 32.5 Å². The van der Waals surface area contributed by atoms with Gasteiger partial charge >= 0.3 is 0 Å². The van der Waals surface area contributed by atoms with Crippen LogP contribution in [0.1, 0.15) is 13.3 Å². The third kappa shape index (κ3) is 2.27. The van der Waals surface area contributed by atoms with Crippen molar-refractivity contribution < 1.29 is 30.6 Å². The standard InChI is InChI=1S/C5H7O.Sc/c1-5-2-3-6-4-5;/h2-3H2,1H3;/q-1;. The van der Waals surface area contributed by atoms with E-state index in [0.29, 0.717) is 0 Å². The Morgan fingerprint density at radius 2 is 2.43 bits per heavy atom. The van der Waals surface area contributed by atoms with E-state index in [9.17, 15) is 0 Å². The van der Waals surface area contributed by atoms with Crippen LogP contribution < -0.4 is 0 Å². The fourth-order valence-corrected chi connectivity index (χ4v) is 0.429. The van der Waals surface area contributed by atoms with Gasteiger partial charge in [-0.15, -0.1) is 0 Å². The first-order valence-electron chi connectivity index (χ1n) is 2.10. The Bertz CT molecular complexity index is 78.1. The summed E-state index contributed by atoms with van der Waals surface area (Å²) in [4.78, 5) is 0. The van der Waals surface area contributed by atoms with Gasteiger partial charge in [-0.05, 0) is 6.42 Å². The number of ether oxygens (including phenoxy) is 1. The van der Waals surface area contributed by atoms with E-state index in [1.807, 2.05) is 6.92 Å². The summed E-state index contributed by atoms with van der Waals surface area (Å²) in [7, 11) is 0. The summed E-state index contributed by atoms with van der Waals surface area (Å²) in [6, 6.07) is 0. The molecule has 1 radical (unpaired) electrons. The van der Waals surface area contributed by atoms with E-state index in [0.717, 1.165) is 13.0 Å². The Morgan fingerprint density at radius 3 is 2.57 bits per heavy atom. The number of hydrogen-bond donors (Lipinski definition) is 0. The minimum absolute atomic E-state index is 0. The molecular formula is C5H7OSc-. The van der Waals surface area contributed by atoms with Crippen LogP contribution in [0.25, 0.3) is 0 Å². The molecule has 7 heavy (non-hydrogen) atoms. The Balaban J connectivity index is 0.000000360. The van der Waals surface area contributed by atoms with Crippen molar-refractivity contribution >= 4 is 0 Å². The molecule has 0 aliphatic carbocycles. The van der Waals surface area contributed by atoms with Crippen LogP contribution in [0.3, 0.4) is 0 Å². The molecule has 1 nitrogen and oxygen atoms in total. The third-order valence-electron chi connectivity index (χ3n) is 0.826. The van der Waals surface area contributed by atoms with Gasteiger partial charge in [-0.1, -0.05) is 6.92 Å². The Morgan fingerprint density at radius 1 is 1.71 bits per heavy atom. The fourth-order valence-electron chi connectivity index (χ4n) is 0.429. The van der Waals surface area contributed by atoms with E-state index in [4.69, 9.17) is 4.74 Å². The van der Waals surface area contributed by atoms with Crippen molar-refractivity contribution in [3.05, 3.63) is 11.8 Å². The second-order valence-corrected chi connectivity index (χ2v) is 1.48. The summed E-state index contributed by atoms with van der Waals surface area (Å²) in [5.74, 6) is 0. The molecule has 0 N–H and O–H groups in total. The van der Waals surface area contributed by atoms with Gasteiger partial charge in [0.2, 0.25) is 0 Å². The van der Waals surface area contributed by atoms with Gasteiger partial charge < -0.3 is 11.0 Å². The van der Waals surface area contributed by atoms with Crippen LogP contribution in [0.2, 0.25) is 0 Å². The molecule has 0 atom stereocenters. The van der Waals surface area contributed by atoms with Crippen molar-refractivity contribution in [3.63, 3.8) is 0 Å². The third-order valence-corrected chi connectivity index (χ3v) is 0.826. The van der Waals surface area contributed by atoms with E-state index in [-0.39, 0.29) is 25.8 Å². The molecule has 1 aliphatic rings. The normalized spacial score (nSPS) is 17.0. The molecule has 2 heteroatoms. The topological polar surface area (TPSA) is 9.23 Å². The molecule has 0 saturated heterocycles. The van der Waals surface area contributed by atoms with Crippen LogP contribution in [0, 0.1) is 6.26 Å². The molecule has 0 unspecified atom stereocenters. The fraction of sp³-hybridized carbons (Fsp3) is 0.600. The monoisotopic (exact) mass is 128 g/mol. The van der Waals surface area contributed by atoms with Crippen molar-refractivity contribution in [2.24, 2.45) is 0 Å². The molecule has 0 aromatic rings. The molecule has 1 aliphatic heterocycles. The zero-order valence-corrected chi connectivity index (χ0v) is 6.20. The first-order chi connectivity index (χ1) is 2.89. The molecule has 0 amide bonds. The van der Waals surface area contributed by atoms with Crippen molar-refractivity contribution in [2.45, 2.75) is 13.3 Å². The Kier molecular flexibility index (Phi) is 3.62. The van der Waals surface area contributed by atoms with Crippen molar-refractivity contribution in [1.82, 2.24) is 0 Å². The molecule has 0 bridgehead atoms. The average Bonchev–Trinajstić information content (AvgIpc) is 1.86. The minimum Gasteiger partial charge on any atom is -0.693 e. The number of hydrogen-bond acceptors (Lipinski definition) is 1. The first-order valence-corrected chi connectivity index (χ1v) is 2.10. The zero-order chi connectivity index (χ0) is 4.41. The van der Waals surface area contributed by atoms with Crippen LogP contribution >= 0.6 is 0 Å². The van der Waals surface area contributed by atoms with Gasteiger partial charge in [0.15, 0.2) is 0 Å². The largest absolute Gasteiger partial charge is 0.693 e. The maximum atomic E-state index is 4.77. The molecule has 0 aromatic carbocycles. The summed E-state index contributed by atoms with van der Waals surface area (Å²) >= 11 is 0. The molecule has 1 heterocycles. The van der Waals surface area contributed by atoms with E-state index < -0.39 is 0 Å². The van der Waals surface area contributed by atoms with E-state index >= 15 is 0 Å². The molecule has 37 valence electrons. The minimum atomic E-state index is 0. The number of rotatable bonds is 0. The SMILES string of the molecule is CC1=[C-]OCC1.[Sc]. The Hall–Kier alpha value is 0.410. The summed E-state index contributed by atoms with van der Waals surface area (Å²) in [5.41, 5.74) is 1.23. The molecule has 1 rings (SSSR count). The van der Waals surface area contributed by atoms with Crippen LogP contribution in [-0.4, -0.2) is 6.61 Å². The molecule has 0 saturated carbocycles. The van der Waals surface area contributed by atoms with Gasteiger partial charge in [0.05, 0.1) is 0 Å². The second-order valence-electron chi connectivity index (χ2n) is 1.48. The van der Waals surface area contributed by atoms with Crippen molar-refractivity contribution in [3.8, 4) is 0 Å². The molecular weight excluding hydrogens is 121 g/mol. The summed E-state index contributed by atoms with van der Waals surface area (Å²) in [6.45, 7) is 2.86. The van der Waals surface area contributed by atoms with Crippen LogP contribution in [0.15, 0.2) is 5.57 Å². The molecule has 0 fully saturated rings. The van der Waals surface area contributed by atoms with Gasteiger partial charge in [0.1, 0.15) is 0 Å². The maximum Gasteiger partial charge on any atom is 0.0465 e. The summed E-state index contributed by atoms with van der Waals surface area (Å²) in [5, 5.41) is 0. The molecule has 0 aromatic heterocycles. The van der Waals surface area contributed by atoms with Gasteiger partial charge in [0.25, 0.3) is 0 Å². The predicted molar refractivity (Wildman–Crippen MR) is 23.0 cm³/mol. The molecule has 0 spiro atoms. The van der Waals surface area contributed by atoms with Gasteiger partial charge in [-0.25, -0.2) is 5.57 Å². The summed E-state index contributed by atoms with van der Waals surface area (Å²) < 4.78 is 4.77. The van der Waals surface area contributed by atoms with Gasteiger partial charge in [-0.3, -0.25) is 0 Å². The average molecular weight is 128 g/mol. The quantitative estimate of drug-likeness (QED) is 0.444. The zero-order valence-electron chi connectivity index (χ0n) is 4.40. The maximum absolute atomic E-state index is 4.77. The van der Waals surface area contributed by atoms with Crippen molar-refractivity contribution in [2.75, 3.05) is 6.61 Å². The Labute approximate surface area is 62.5 Å². The van der Waals surface area contributed by atoms with E-state index in [1.165, 1.54) is 5.57 Å². The van der Waals surface area contributed by atoms with Crippen LogP contribution in [-0.2, 0) is 30.6 Å². The van der Waals surface area contributed by atoms with Crippen LogP contribution in [0.4, 0.5) is 0 Å². The summed E-state index contributed by atoms with van der Waals surface area (Å²) in [6.07, 6.45) is 3.81. The van der Waals surface area contributed by atoms with Crippen molar-refractivity contribution in [1.29, 1.82) is 0 Å². The van der Waals surface area contributed by atoms with Gasteiger partial charge in [-0.2, -0.15) is 0 Å². The van der Waals surface area contributed by atoms with Crippen LogP contribution in [0.5, 0.6) is 0 Å². The second kappa shape index (κ2) is 3.42. The smallest absolute Gasteiger partial charge is 0.0465 e. The first kappa shape index (κ1) is 7.41. The van der Waals surface area contributed by atoms with E-state index in [2.05, 4.69) is 6.26 Å². The predicted octanol–water partition coefficient (Wildman–Crippen LogP) is 1.11. The van der Waals surface area contributed by atoms with E-state index in [1.54, 1.807) is 0 Å².